The van der Waals surface area contributed by atoms with E-state index in [-0.39, 0.29) is 11.5 Å². The molecule has 0 bridgehead atoms. The van der Waals surface area contributed by atoms with E-state index in [2.05, 4.69) is 13.0 Å². The molecule has 1 aromatic rings. The van der Waals surface area contributed by atoms with Crippen molar-refractivity contribution in [1.82, 2.24) is 0 Å². The predicted molar refractivity (Wildman–Crippen MR) is 57.6 cm³/mol. The molecular weight excluding hydrogens is 174 g/mol. The lowest BCUT2D eigenvalue weighted by Crippen LogP contribution is -2.52. The first-order valence-electron chi connectivity index (χ1n) is 5.07. The Bertz CT molecular complexity index is 337. The largest absolute Gasteiger partial charge is 0.496 e. The summed E-state index contributed by atoms with van der Waals surface area (Å²) in [4.78, 5) is 0. The second-order valence-electron chi connectivity index (χ2n) is 4.26. The summed E-state index contributed by atoms with van der Waals surface area (Å²) in [6.07, 6.45) is 2.28. The molecule has 1 fully saturated rings. The number of benzene rings is 1. The Kier molecular flexibility index (Phi) is 2.23. The summed E-state index contributed by atoms with van der Waals surface area (Å²) in [7, 11) is 1.71. The van der Waals surface area contributed by atoms with Gasteiger partial charge in [0.2, 0.25) is 0 Å². The van der Waals surface area contributed by atoms with Crippen LogP contribution in [0.4, 0.5) is 0 Å². The first kappa shape index (κ1) is 9.53. The maximum atomic E-state index is 6.06. The number of rotatable bonds is 2. The van der Waals surface area contributed by atoms with Crippen molar-refractivity contribution >= 4 is 0 Å². The molecule has 0 aliphatic heterocycles. The van der Waals surface area contributed by atoms with E-state index >= 15 is 0 Å². The number of hydrogen-bond acceptors (Lipinski definition) is 2. The number of ether oxygens (including phenoxy) is 1. The van der Waals surface area contributed by atoms with E-state index in [1.165, 1.54) is 5.56 Å². The van der Waals surface area contributed by atoms with Gasteiger partial charge in [-0.2, -0.15) is 0 Å². The van der Waals surface area contributed by atoms with Gasteiger partial charge in [-0.1, -0.05) is 25.1 Å². The molecule has 0 amide bonds. The van der Waals surface area contributed by atoms with Gasteiger partial charge in [0.05, 0.1) is 7.11 Å². The van der Waals surface area contributed by atoms with Crippen molar-refractivity contribution in [2.24, 2.45) is 5.73 Å². The van der Waals surface area contributed by atoms with Crippen molar-refractivity contribution in [2.75, 3.05) is 7.11 Å². The fourth-order valence-corrected chi connectivity index (χ4v) is 2.19. The second kappa shape index (κ2) is 3.28. The minimum atomic E-state index is 0.118. The van der Waals surface area contributed by atoms with Crippen LogP contribution in [0.5, 0.6) is 5.75 Å². The van der Waals surface area contributed by atoms with Crippen molar-refractivity contribution in [3.8, 4) is 5.75 Å². The fourth-order valence-electron chi connectivity index (χ4n) is 2.19. The zero-order valence-corrected chi connectivity index (χ0v) is 8.79. The third-order valence-corrected chi connectivity index (χ3v) is 3.52. The molecule has 0 saturated heterocycles. The van der Waals surface area contributed by atoms with Gasteiger partial charge >= 0.3 is 0 Å². The lowest BCUT2D eigenvalue weighted by atomic mass is 9.62. The highest BCUT2D eigenvalue weighted by Crippen LogP contribution is 2.45. The van der Waals surface area contributed by atoms with E-state index in [9.17, 15) is 0 Å². The normalized spacial score (nSPS) is 30.9. The van der Waals surface area contributed by atoms with Crippen LogP contribution in [-0.2, 0) is 5.41 Å². The van der Waals surface area contributed by atoms with E-state index in [1.54, 1.807) is 7.11 Å². The van der Waals surface area contributed by atoms with Crippen molar-refractivity contribution in [1.29, 1.82) is 0 Å². The quantitative estimate of drug-likeness (QED) is 0.776. The van der Waals surface area contributed by atoms with Crippen molar-refractivity contribution in [3.63, 3.8) is 0 Å². The van der Waals surface area contributed by atoms with Crippen LogP contribution in [0.15, 0.2) is 24.3 Å². The molecule has 2 heteroatoms. The van der Waals surface area contributed by atoms with Gasteiger partial charge < -0.3 is 10.5 Å². The van der Waals surface area contributed by atoms with Crippen LogP contribution in [0.1, 0.15) is 25.3 Å². The van der Waals surface area contributed by atoms with Gasteiger partial charge in [-0.3, -0.25) is 0 Å². The lowest BCUT2D eigenvalue weighted by molar-refractivity contribution is 0.210. The topological polar surface area (TPSA) is 35.2 Å². The van der Waals surface area contributed by atoms with E-state index in [0.717, 1.165) is 18.6 Å². The molecule has 1 aliphatic carbocycles. The summed E-state index contributed by atoms with van der Waals surface area (Å²) in [6.45, 7) is 2.22. The smallest absolute Gasteiger partial charge is 0.122 e. The number of nitrogens with two attached hydrogens (primary N) is 1. The van der Waals surface area contributed by atoms with Crippen molar-refractivity contribution in [3.05, 3.63) is 29.8 Å². The van der Waals surface area contributed by atoms with E-state index in [0.29, 0.717) is 0 Å². The Morgan fingerprint density at radius 1 is 1.43 bits per heavy atom. The Labute approximate surface area is 85.1 Å². The highest BCUT2D eigenvalue weighted by molar-refractivity contribution is 5.42. The summed E-state index contributed by atoms with van der Waals surface area (Å²) in [5.41, 5.74) is 7.43. The Balaban J connectivity index is 2.40. The Morgan fingerprint density at radius 2 is 2.14 bits per heavy atom. The summed E-state index contributed by atoms with van der Waals surface area (Å²) in [5, 5.41) is 0. The van der Waals surface area contributed by atoms with Gasteiger partial charge in [-0.15, -0.1) is 0 Å². The molecule has 0 radical (unpaired) electrons. The van der Waals surface area contributed by atoms with Crippen LogP contribution in [0.25, 0.3) is 0 Å². The van der Waals surface area contributed by atoms with E-state index in [1.807, 2.05) is 18.2 Å². The monoisotopic (exact) mass is 191 g/mol. The molecule has 0 spiro atoms. The summed E-state index contributed by atoms with van der Waals surface area (Å²) in [5.74, 6) is 0.963. The first-order chi connectivity index (χ1) is 6.68. The van der Waals surface area contributed by atoms with Crippen LogP contribution in [0.2, 0.25) is 0 Å². The molecule has 0 aromatic heterocycles. The van der Waals surface area contributed by atoms with E-state index < -0.39 is 0 Å². The number of methoxy groups -OCH3 is 1. The van der Waals surface area contributed by atoms with Crippen molar-refractivity contribution < 1.29 is 4.74 Å². The molecule has 1 saturated carbocycles. The average molecular weight is 191 g/mol. The van der Waals surface area contributed by atoms with Crippen LogP contribution < -0.4 is 10.5 Å². The van der Waals surface area contributed by atoms with Gasteiger partial charge in [0.15, 0.2) is 0 Å². The van der Waals surface area contributed by atoms with Crippen LogP contribution in [0, 0.1) is 0 Å². The maximum Gasteiger partial charge on any atom is 0.122 e. The van der Waals surface area contributed by atoms with Gasteiger partial charge in [0.1, 0.15) is 5.75 Å². The van der Waals surface area contributed by atoms with Gasteiger partial charge in [0, 0.05) is 17.0 Å². The van der Waals surface area contributed by atoms with Crippen LogP contribution in [-0.4, -0.2) is 13.2 Å². The average Bonchev–Trinajstić information content (AvgIpc) is 2.26. The molecule has 0 heterocycles. The summed E-state index contributed by atoms with van der Waals surface area (Å²) < 4.78 is 5.36. The Hall–Kier alpha value is -1.02. The zero-order chi connectivity index (χ0) is 10.2. The minimum absolute atomic E-state index is 0.118. The molecule has 2 atom stereocenters. The number of hydrogen-bond donors (Lipinski definition) is 1. The molecular formula is C12H17NO. The Morgan fingerprint density at radius 3 is 2.64 bits per heavy atom. The van der Waals surface area contributed by atoms with Crippen LogP contribution in [0.3, 0.4) is 0 Å². The molecule has 14 heavy (non-hydrogen) atoms. The zero-order valence-electron chi connectivity index (χ0n) is 8.79. The summed E-state index contributed by atoms with van der Waals surface area (Å²) in [6, 6.07) is 8.45. The van der Waals surface area contributed by atoms with Gasteiger partial charge in [0.25, 0.3) is 0 Å². The lowest BCUT2D eigenvalue weighted by Gasteiger charge is -2.46. The number of para-hydroxylation sites is 1. The molecule has 1 aromatic carbocycles. The predicted octanol–water partition coefficient (Wildman–Crippen LogP) is 2.07. The van der Waals surface area contributed by atoms with Gasteiger partial charge in [-0.05, 0) is 18.9 Å². The van der Waals surface area contributed by atoms with Crippen LogP contribution >= 0.6 is 0 Å². The molecule has 2 N–H and O–H groups in total. The SMILES string of the molecule is COc1ccccc1C1(C)CCC1N. The molecule has 2 rings (SSSR count). The molecule has 76 valence electrons. The molecule has 2 nitrogen and oxygen atoms in total. The van der Waals surface area contributed by atoms with Gasteiger partial charge in [-0.25, -0.2) is 0 Å². The van der Waals surface area contributed by atoms with E-state index in [4.69, 9.17) is 10.5 Å². The highest BCUT2D eigenvalue weighted by atomic mass is 16.5. The standard InChI is InChI=1S/C12H17NO/c1-12(8-7-11(12)13)9-5-3-4-6-10(9)14-2/h3-6,11H,7-8,13H2,1-2H3. The molecule has 1 aliphatic rings. The molecule has 2 unspecified atom stereocenters. The minimum Gasteiger partial charge on any atom is -0.496 e. The fraction of sp³-hybridized carbons (Fsp3) is 0.500. The highest BCUT2D eigenvalue weighted by Gasteiger charge is 2.43. The maximum absolute atomic E-state index is 6.06. The first-order valence-corrected chi connectivity index (χ1v) is 5.07. The third-order valence-electron chi connectivity index (χ3n) is 3.52. The third kappa shape index (κ3) is 1.22. The second-order valence-corrected chi connectivity index (χ2v) is 4.26. The summed E-state index contributed by atoms with van der Waals surface area (Å²) >= 11 is 0. The van der Waals surface area contributed by atoms with Crippen molar-refractivity contribution in [2.45, 2.75) is 31.2 Å².